The third-order valence-electron chi connectivity index (χ3n) is 3.52. The minimum absolute atomic E-state index is 0.183. The zero-order valence-corrected chi connectivity index (χ0v) is 12.9. The number of phenols is 1. The molecule has 0 aliphatic rings. The first-order chi connectivity index (χ1) is 9.96. The number of hydrogen-bond donors (Lipinski definition) is 2. The van der Waals surface area contributed by atoms with E-state index in [9.17, 15) is 9.90 Å². The van der Waals surface area contributed by atoms with Crippen molar-refractivity contribution in [2.24, 2.45) is 0 Å². The second kappa shape index (κ2) is 5.99. The summed E-state index contributed by atoms with van der Waals surface area (Å²) in [7, 11) is 0. The van der Waals surface area contributed by atoms with Crippen molar-refractivity contribution >= 4 is 11.6 Å². The van der Waals surface area contributed by atoms with Crippen LogP contribution in [0, 0.1) is 13.8 Å². The largest absolute Gasteiger partial charge is 0.508 e. The van der Waals surface area contributed by atoms with Gasteiger partial charge in [0.2, 0.25) is 0 Å². The molecule has 2 aromatic rings. The maximum atomic E-state index is 12.4. The van der Waals surface area contributed by atoms with E-state index in [1.165, 1.54) is 0 Å². The molecule has 1 amide bonds. The van der Waals surface area contributed by atoms with Crippen LogP contribution >= 0.6 is 0 Å². The van der Waals surface area contributed by atoms with Crippen molar-refractivity contribution in [3.8, 4) is 5.75 Å². The van der Waals surface area contributed by atoms with Gasteiger partial charge in [-0.2, -0.15) is 5.10 Å². The third kappa shape index (κ3) is 3.07. The van der Waals surface area contributed by atoms with Gasteiger partial charge < -0.3 is 10.4 Å². The number of aromatic nitrogens is 2. The van der Waals surface area contributed by atoms with Crippen LogP contribution in [-0.2, 0) is 13.0 Å². The van der Waals surface area contributed by atoms with Crippen molar-refractivity contribution in [2.75, 3.05) is 5.32 Å². The molecular weight excluding hydrogens is 266 g/mol. The predicted molar refractivity (Wildman–Crippen MR) is 82.8 cm³/mol. The number of carbonyl (C=O) groups excluding carboxylic acids is 1. The van der Waals surface area contributed by atoms with Crippen LogP contribution in [0.15, 0.2) is 18.2 Å². The molecule has 0 bridgehead atoms. The Morgan fingerprint density at radius 1 is 1.24 bits per heavy atom. The Kier molecular flexibility index (Phi) is 4.31. The first kappa shape index (κ1) is 15.1. The van der Waals surface area contributed by atoms with Gasteiger partial charge in [-0.25, -0.2) is 0 Å². The number of amides is 1. The number of hydrogen-bond acceptors (Lipinski definition) is 3. The normalized spacial score (nSPS) is 10.7. The SMILES string of the molecule is CCc1cc(C(=O)Nc2cc(C)c(O)cc2C)n(CC)n1. The summed E-state index contributed by atoms with van der Waals surface area (Å²) in [5.74, 6) is 0.0506. The Bertz CT molecular complexity index is 674. The van der Waals surface area contributed by atoms with E-state index in [0.29, 0.717) is 17.9 Å². The molecule has 0 radical (unpaired) electrons. The number of anilines is 1. The first-order valence-corrected chi connectivity index (χ1v) is 7.14. The maximum Gasteiger partial charge on any atom is 0.273 e. The standard InChI is InChI=1S/C16H21N3O2/c1-5-12-9-14(19(6-2)18-12)16(21)17-13-7-11(4)15(20)8-10(13)3/h7-9,20H,5-6H2,1-4H3,(H,17,21). The molecule has 0 unspecified atom stereocenters. The fourth-order valence-corrected chi connectivity index (χ4v) is 2.19. The minimum Gasteiger partial charge on any atom is -0.508 e. The molecule has 0 aliphatic heterocycles. The summed E-state index contributed by atoms with van der Waals surface area (Å²) in [5, 5.41) is 16.9. The van der Waals surface area contributed by atoms with Gasteiger partial charge in [0, 0.05) is 12.2 Å². The maximum absolute atomic E-state index is 12.4. The Morgan fingerprint density at radius 3 is 2.57 bits per heavy atom. The lowest BCUT2D eigenvalue weighted by molar-refractivity contribution is 0.101. The highest BCUT2D eigenvalue weighted by Gasteiger charge is 2.15. The fourth-order valence-electron chi connectivity index (χ4n) is 2.19. The van der Waals surface area contributed by atoms with E-state index in [2.05, 4.69) is 10.4 Å². The van der Waals surface area contributed by atoms with Gasteiger partial charge in [-0.3, -0.25) is 9.48 Å². The third-order valence-corrected chi connectivity index (χ3v) is 3.52. The summed E-state index contributed by atoms with van der Waals surface area (Å²) in [5.41, 5.74) is 3.72. The molecule has 5 heteroatoms. The molecule has 0 saturated heterocycles. The van der Waals surface area contributed by atoms with Crippen molar-refractivity contribution in [2.45, 2.75) is 40.7 Å². The summed E-state index contributed by atoms with van der Waals surface area (Å²) in [6, 6.07) is 5.25. The van der Waals surface area contributed by atoms with Crippen molar-refractivity contribution in [3.05, 3.63) is 40.7 Å². The lowest BCUT2D eigenvalue weighted by Gasteiger charge is -2.11. The fraction of sp³-hybridized carbons (Fsp3) is 0.375. The number of rotatable bonds is 4. The molecule has 2 rings (SSSR count). The molecule has 0 spiro atoms. The minimum atomic E-state index is -0.183. The molecule has 0 aliphatic carbocycles. The number of aromatic hydroxyl groups is 1. The molecule has 21 heavy (non-hydrogen) atoms. The average molecular weight is 287 g/mol. The van der Waals surface area contributed by atoms with E-state index in [1.807, 2.05) is 26.8 Å². The predicted octanol–water partition coefficient (Wildman–Crippen LogP) is 3.04. The second-order valence-corrected chi connectivity index (χ2v) is 5.10. The van der Waals surface area contributed by atoms with Crippen molar-refractivity contribution in [3.63, 3.8) is 0 Å². The summed E-state index contributed by atoms with van der Waals surface area (Å²) < 4.78 is 1.71. The number of nitrogens with zero attached hydrogens (tertiary/aromatic N) is 2. The highest BCUT2D eigenvalue weighted by atomic mass is 16.3. The molecular formula is C16H21N3O2. The van der Waals surface area contributed by atoms with Gasteiger partial charge >= 0.3 is 0 Å². The highest BCUT2D eigenvalue weighted by molar-refractivity contribution is 6.03. The van der Waals surface area contributed by atoms with Crippen LogP contribution in [0.2, 0.25) is 0 Å². The Balaban J connectivity index is 2.30. The van der Waals surface area contributed by atoms with Crippen LogP contribution in [0.3, 0.4) is 0 Å². The number of benzene rings is 1. The van der Waals surface area contributed by atoms with Gasteiger partial charge in [-0.1, -0.05) is 6.92 Å². The van der Waals surface area contributed by atoms with Crippen LogP contribution in [-0.4, -0.2) is 20.8 Å². The number of aryl methyl sites for hydroxylation is 4. The molecule has 0 fully saturated rings. The molecule has 1 aromatic carbocycles. The van der Waals surface area contributed by atoms with Crippen LogP contribution in [0.4, 0.5) is 5.69 Å². The molecule has 0 atom stereocenters. The zero-order chi connectivity index (χ0) is 15.6. The van der Waals surface area contributed by atoms with Gasteiger partial charge in [0.15, 0.2) is 0 Å². The smallest absolute Gasteiger partial charge is 0.273 e. The van der Waals surface area contributed by atoms with E-state index in [1.54, 1.807) is 23.7 Å². The van der Waals surface area contributed by atoms with E-state index < -0.39 is 0 Å². The summed E-state index contributed by atoms with van der Waals surface area (Å²) >= 11 is 0. The lowest BCUT2D eigenvalue weighted by atomic mass is 10.1. The van der Waals surface area contributed by atoms with Crippen LogP contribution in [0.5, 0.6) is 5.75 Å². The topological polar surface area (TPSA) is 67.2 Å². The average Bonchev–Trinajstić information content (AvgIpc) is 2.88. The van der Waals surface area contributed by atoms with Crippen LogP contribution in [0.1, 0.15) is 41.2 Å². The van der Waals surface area contributed by atoms with Crippen molar-refractivity contribution in [1.82, 2.24) is 9.78 Å². The monoisotopic (exact) mass is 287 g/mol. The molecule has 5 nitrogen and oxygen atoms in total. The van der Waals surface area contributed by atoms with E-state index in [0.717, 1.165) is 23.2 Å². The van der Waals surface area contributed by atoms with E-state index in [-0.39, 0.29) is 11.7 Å². The van der Waals surface area contributed by atoms with Gasteiger partial charge in [-0.15, -0.1) is 0 Å². The highest BCUT2D eigenvalue weighted by Crippen LogP contribution is 2.25. The van der Waals surface area contributed by atoms with Gasteiger partial charge in [0.1, 0.15) is 11.4 Å². The molecule has 112 valence electrons. The quantitative estimate of drug-likeness (QED) is 0.849. The van der Waals surface area contributed by atoms with Gasteiger partial charge in [0.05, 0.1) is 5.69 Å². The Hall–Kier alpha value is -2.30. The zero-order valence-electron chi connectivity index (χ0n) is 12.9. The number of carbonyl (C=O) groups is 1. The number of nitrogens with one attached hydrogen (secondary N) is 1. The molecule has 1 heterocycles. The molecule has 0 saturated carbocycles. The molecule has 1 aromatic heterocycles. The summed E-state index contributed by atoms with van der Waals surface area (Å²) in [4.78, 5) is 12.4. The van der Waals surface area contributed by atoms with Gasteiger partial charge in [-0.05, 0) is 56.5 Å². The van der Waals surface area contributed by atoms with E-state index >= 15 is 0 Å². The summed E-state index contributed by atoms with van der Waals surface area (Å²) in [6.07, 6.45) is 0.796. The lowest BCUT2D eigenvalue weighted by Crippen LogP contribution is -2.18. The van der Waals surface area contributed by atoms with Gasteiger partial charge in [0.25, 0.3) is 5.91 Å². The Labute approximate surface area is 124 Å². The second-order valence-electron chi connectivity index (χ2n) is 5.10. The Morgan fingerprint density at radius 2 is 1.95 bits per heavy atom. The number of phenolic OH excluding ortho intramolecular Hbond substituents is 1. The van der Waals surface area contributed by atoms with Crippen LogP contribution in [0.25, 0.3) is 0 Å². The van der Waals surface area contributed by atoms with E-state index in [4.69, 9.17) is 0 Å². The molecule has 2 N–H and O–H groups in total. The summed E-state index contributed by atoms with van der Waals surface area (Å²) in [6.45, 7) is 8.27. The van der Waals surface area contributed by atoms with Crippen molar-refractivity contribution < 1.29 is 9.90 Å². The first-order valence-electron chi connectivity index (χ1n) is 7.14. The van der Waals surface area contributed by atoms with Crippen molar-refractivity contribution in [1.29, 1.82) is 0 Å². The van der Waals surface area contributed by atoms with Crippen LogP contribution < -0.4 is 5.32 Å².